The predicted molar refractivity (Wildman–Crippen MR) is 89.2 cm³/mol. The van der Waals surface area contributed by atoms with Crippen LogP contribution in [0.2, 0.25) is 0 Å². The molecule has 0 radical (unpaired) electrons. The molecule has 0 heterocycles. The molecule has 0 aromatic heterocycles. The molecule has 22 heavy (non-hydrogen) atoms. The summed E-state index contributed by atoms with van der Waals surface area (Å²) in [5, 5.41) is 0. The van der Waals surface area contributed by atoms with Crippen molar-refractivity contribution in [3.05, 3.63) is 47.4 Å². The van der Waals surface area contributed by atoms with Crippen LogP contribution in [0.4, 0.5) is 0 Å². The molecule has 0 bridgehead atoms. The summed E-state index contributed by atoms with van der Waals surface area (Å²) < 4.78 is 48.1. The Hall–Kier alpha value is -1.40. The molecule has 0 atom stereocenters. The Morgan fingerprint density at radius 3 is 1.91 bits per heavy atom. The van der Waals surface area contributed by atoms with Gasteiger partial charge >= 0.3 is 0 Å². The van der Waals surface area contributed by atoms with Gasteiger partial charge in [0.1, 0.15) is 0 Å². The average Bonchev–Trinajstić information content (AvgIpc) is 2.45. The Balaban J connectivity index is 3.20. The van der Waals surface area contributed by atoms with Gasteiger partial charge in [0, 0.05) is 17.6 Å². The molecule has 0 aliphatic carbocycles. The first-order valence-electron chi connectivity index (χ1n) is 7.12. The van der Waals surface area contributed by atoms with Crippen molar-refractivity contribution in [1.29, 1.82) is 0 Å². The van der Waals surface area contributed by atoms with Gasteiger partial charge in [-0.15, -0.1) is 0 Å². The van der Waals surface area contributed by atoms with E-state index in [1.54, 1.807) is 6.08 Å². The molecule has 0 amide bonds. The first-order chi connectivity index (χ1) is 10.2. The highest BCUT2D eigenvalue weighted by Crippen LogP contribution is 2.24. The van der Waals surface area contributed by atoms with E-state index in [4.69, 9.17) is 0 Å². The van der Waals surface area contributed by atoms with E-state index in [0.29, 0.717) is 17.7 Å². The zero-order valence-electron chi connectivity index (χ0n) is 13.1. The molecule has 122 valence electrons. The minimum Gasteiger partial charge on any atom is -0.224 e. The third-order valence-corrected chi connectivity index (χ3v) is 6.11. The summed E-state index contributed by atoms with van der Waals surface area (Å²) in [7, 11) is -6.92. The number of hydrogen-bond donors (Lipinski definition) is 0. The van der Waals surface area contributed by atoms with Crippen LogP contribution in [0.1, 0.15) is 33.1 Å². The first kappa shape index (κ1) is 18.6. The summed E-state index contributed by atoms with van der Waals surface area (Å²) in [5.74, 6) is 0. The highest BCUT2D eigenvalue weighted by Gasteiger charge is 2.20. The number of rotatable bonds is 7. The van der Waals surface area contributed by atoms with Gasteiger partial charge < -0.3 is 0 Å². The van der Waals surface area contributed by atoms with Gasteiger partial charge in [0.15, 0.2) is 9.84 Å². The van der Waals surface area contributed by atoms with Gasteiger partial charge in [0.2, 0.25) is 9.84 Å². The van der Waals surface area contributed by atoms with Gasteiger partial charge in [-0.2, -0.15) is 0 Å². The van der Waals surface area contributed by atoms with E-state index in [1.165, 1.54) is 24.3 Å². The topological polar surface area (TPSA) is 68.3 Å². The van der Waals surface area contributed by atoms with Gasteiger partial charge in [-0.1, -0.05) is 32.1 Å². The summed E-state index contributed by atoms with van der Waals surface area (Å²) in [6, 6.07) is 5.35. The second-order valence-corrected chi connectivity index (χ2v) is 8.93. The third kappa shape index (κ3) is 4.81. The van der Waals surface area contributed by atoms with E-state index < -0.39 is 19.7 Å². The number of benzene rings is 1. The average molecular weight is 342 g/mol. The van der Waals surface area contributed by atoms with Crippen molar-refractivity contribution in [2.24, 2.45) is 0 Å². The van der Waals surface area contributed by atoms with Gasteiger partial charge in [-0.3, -0.25) is 0 Å². The van der Waals surface area contributed by atoms with Crippen molar-refractivity contribution >= 4 is 19.7 Å². The lowest BCUT2D eigenvalue weighted by atomic mass is 10.3. The first-order valence-corrected chi connectivity index (χ1v) is 10.5. The molecule has 0 aliphatic heterocycles. The summed E-state index contributed by atoms with van der Waals surface area (Å²) >= 11 is 0. The molecule has 6 heteroatoms. The van der Waals surface area contributed by atoms with Crippen LogP contribution in [0.3, 0.4) is 0 Å². The lowest BCUT2D eigenvalue weighted by molar-refractivity contribution is 0.597. The Morgan fingerprint density at radius 1 is 0.909 bits per heavy atom. The minimum atomic E-state index is -3.59. The fourth-order valence-corrected chi connectivity index (χ4v) is 4.04. The summed E-state index contributed by atoms with van der Waals surface area (Å²) in [6.45, 7) is 3.87. The van der Waals surface area contributed by atoms with Crippen LogP contribution in [0.25, 0.3) is 0 Å². The highest BCUT2D eigenvalue weighted by atomic mass is 32.2. The van der Waals surface area contributed by atoms with Gasteiger partial charge in [0.05, 0.1) is 9.79 Å². The Labute approximate surface area is 133 Å². The predicted octanol–water partition coefficient (Wildman–Crippen LogP) is 3.51. The van der Waals surface area contributed by atoms with E-state index in [9.17, 15) is 16.8 Å². The standard InChI is InChI=1S/C16H22O4S2/c1-4-6-7-9-15(8-5-2)22(19,20)16-12-10-14(11-13-16)21(3,17)18/h6-8,10-13H,4-5,9H2,1-3H3/b7-6-,15-8+. The van der Waals surface area contributed by atoms with Crippen molar-refractivity contribution in [1.82, 2.24) is 0 Å². The quantitative estimate of drug-likeness (QED) is 0.711. The molecule has 0 aliphatic rings. The minimum absolute atomic E-state index is 0.110. The second-order valence-electron chi connectivity index (χ2n) is 4.91. The zero-order valence-corrected chi connectivity index (χ0v) is 14.7. The molecule has 1 aromatic rings. The van der Waals surface area contributed by atoms with E-state index in [-0.39, 0.29) is 9.79 Å². The van der Waals surface area contributed by atoms with Crippen LogP contribution >= 0.6 is 0 Å². The molecule has 0 fully saturated rings. The summed E-state index contributed by atoms with van der Waals surface area (Å²) in [4.78, 5) is 0.564. The van der Waals surface area contributed by atoms with Crippen LogP contribution in [0.15, 0.2) is 57.2 Å². The van der Waals surface area contributed by atoms with Crippen molar-refractivity contribution < 1.29 is 16.8 Å². The Morgan fingerprint density at radius 2 is 1.45 bits per heavy atom. The Bertz CT molecular complexity index is 753. The third-order valence-electron chi connectivity index (χ3n) is 3.06. The highest BCUT2D eigenvalue weighted by molar-refractivity contribution is 7.95. The molecular weight excluding hydrogens is 320 g/mol. The number of sulfone groups is 2. The monoisotopic (exact) mass is 342 g/mol. The van der Waals surface area contributed by atoms with Crippen LogP contribution < -0.4 is 0 Å². The Kier molecular flexibility index (Phi) is 6.56. The van der Waals surface area contributed by atoms with Crippen LogP contribution in [0, 0.1) is 0 Å². The van der Waals surface area contributed by atoms with E-state index in [0.717, 1.165) is 12.7 Å². The summed E-state index contributed by atoms with van der Waals surface area (Å²) in [6.07, 6.45) is 8.36. The molecule has 0 saturated heterocycles. The molecule has 0 saturated carbocycles. The van der Waals surface area contributed by atoms with Crippen molar-refractivity contribution in [2.45, 2.75) is 42.9 Å². The van der Waals surface area contributed by atoms with Gasteiger partial charge in [-0.05, 0) is 37.1 Å². The van der Waals surface area contributed by atoms with Crippen LogP contribution in [-0.2, 0) is 19.7 Å². The lowest BCUT2D eigenvalue weighted by Gasteiger charge is -2.08. The van der Waals surface area contributed by atoms with Crippen molar-refractivity contribution in [3.8, 4) is 0 Å². The maximum absolute atomic E-state index is 12.6. The summed E-state index contributed by atoms with van der Waals surface area (Å²) in [5.41, 5.74) is 0. The molecule has 0 spiro atoms. The van der Waals surface area contributed by atoms with Crippen LogP contribution in [0.5, 0.6) is 0 Å². The number of hydrogen-bond acceptors (Lipinski definition) is 4. The second kappa shape index (κ2) is 7.74. The maximum atomic E-state index is 12.6. The van der Waals surface area contributed by atoms with Gasteiger partial charge in [0.25, 0.3) is 0 Å². The van der Waals surface area contributed by atoms with E-state index in [1.807, 2.05) is 26.0 Å². The molecule has 1 aromatic carbocycles. The smallest absolute Gasteiger partial charge is 0.202 e. The van der Waals surface area contributed by atoms with Crippen molar-refractivity contribution in [3.63, 3.8) is 0 Å². The van der Waals surface area contributed by atoms with Crippen molar-refractivity contribution in [2.75, 3.05) is 6.26 Å². The number of allylic oxidation sites excluding steroid dienone is 4. The normalized spacial score (nSPS) is 13.7. The van der Waals surface area contributed by atoms with Gasteiger partial charge in [-0.25, -0.2) is 16.8 Å². The fourth-order valence-electron chi connectivity index (χ4n) is 1.91. The largest absolute Gasteiger partial charge is 0.224 e. The fraction of sp³-hybridized carbons (Fsp3) is 0.375. The van der Waals surface area contributed by atoms with E-state index >= 15 is 0 Å². The SMILES string of the molecule is CC/C=C\C/C(=C\CC)S(=O)(=O)c1ccc(S(C)(=O)=O)cc1. The molecular formula is C16H22O4S2. The molecule has 1 rings (SSSR count). The van der Waals surface area contributed by atoms with E-state index in [2.05, 4.69) is 0 Å². The maximum Gasteiger partial charge on any atom is 0.202 e. The molecule has 4 nitrogen and oxygen atoms in total. The lowest BCUT2D eigenvalue weighted by Crippen LogP contribution is -2.05. The molecule has 0 N–H and O–H groups in total. The molecule has 0 unspecified atom stereocenters. The van der Waals surface area contributed by atoms with Crippen LogP contribution in [-0.4, -0.2) is 23.1 Å². The zero-order chi connectivity index (χ0) is 16.8.